The van der Waals surface area contributed by atoms with Crippen LogP contribution < -0.4 is 5.11 Å². The Morgan fingerprint density at radius 3 is 2.25 bits per heavy atom. The molecule has 0 aliphatic carbocycles. The smallest absolute Gasteiger partial charge is 0.508 e. The van der Waals surface area contributed by atoms with Crippen LogP contribution in [-0.4, -0.2) is 57.0 Å². The van der Waals surface area contributed by atoms with E-state index in [2.05, 4.69) is 4.74 Å². The van der Waals surface area contributed by atoms with Crippen molar-refractivity contribution >= 4 is 12.1 Å². The lowest BCUT2D eigenvalue weighted by Crippen LogP contribution is -2.45. The molecule has 0 saturated heterocycles. The van der Waals surface area contributed by atoms with Crippen LogP contribution in [0.4, 0.5) is 4.79 Å². The molecule has 1 unspecified atom stereocenters. The average molecular weight is 233 g/mol. The number of carboxylic acid groups (broad SMARTS) is 1. The van der Waals surface area contributed by atoms with E-state index in [-0.39, 0.29) is 13.0 Å². The van der Waals surface area contributed by atoms with Crippen LogP contribution in [0.3, 0.4) is 0 Å². The monoisotopic (exact) mass is 233 g/mol. The molecule has 6 nitrogen and oxygen atoms in total. The number of hydrogen-bond acceptors (Lipinski definition) is 5. The van der Waals surface area contributed by atoms with Gasteiger partial charge in [0.1, 0.15) is 6.54 Å². The highest BCUT2D eigenvalue weighted by Gasteiger charge is 2.22. The molecular weight excluding hydrogens is 214 g/mol. The number of rotatable bonds is 6. The first-order chi connectivity index (χ1) is 7.24. The summed E-state index contributed by atoms with van der Waals surface area (Å²) in [6.07, 6.45) is -1.90. The second-order valence-corrected chi connectivity index (χ2v) is 4.47. The summed E-state index contributed by atoms with van der Waals surface area (Å²) >= 11 is 0. The third-order valence-corrected chi connectivity index (χ3v) is 1.67. The second-order valence-electron chi connectivity index (χ2n) is 4.47. The molecule has 0 aliphatic rings. The van der Waals surface area contributed by atoms with E-state index < -0.39 is 18.2 Å². The zero-order chi connectivity index (χ0) is 12.8. The SMILES string of the molecule is CCOC(=O)OC(CC(=O)[O-])C[N+](C)(C)C. The van der Waals surface area contributed by atoms with Crippen LogP contribution in [-0.2, 0) is 14.3 Å². The minimum absolute atomic E-state index is 0.196. The minimum Gasteiger partial charge on any atom is -0.550 e. The number of carbonyl (C=O) groups is 2. The summed E-state index contributed by atoms with van der Waals surface area (Å²) in [7, 11) is 5.62. The number of nitrogens with zero attached hydrogens (tertiary/aromatic N) is 1. The van der Waals surface area contributed by atoms with Crippen molar-refractivity contribution in [3.05, 3.63) is 0 Å². The summed E-state index contributed by atoms with van der Waals surface area (Å²) in [5.74, 6) is -1.25. The summed E-state index contributed by atoms with van der Waals surface area (Å²) in [4.78, 5) is 21.5. The quantitative estimate of drug-likeness (QED) is 0.451. The maximum absolute atomic E-state index is 11.1. The van der Waals surface area contributed by atoms with Gasteiger partial charge in [-0.1, -0.05) is 0 Å². The number of carbonyl (C=O) groups excluding carboxylic acids is 2. The van der Waals surface area contributed by atoms with Crippen molar-refractivity contribution in [3.63, 3.8) is 0 Å². The Morgan fingerprint density at radius 1 is 1.31 bits per heavy atom. The molecule has 0 saturated carbocycles. The Labute approximate surface area is 95.3 Å². The molecule has 0 amide bonds. The fraction of sp³-hybridized carbons (Fsp3) is 0.800. The first-order valence-electron chi connectivity index (χ1n) is 5.08. The van der Waals surface area contributed by atoms with Crippen molar-refractivity contribution < 1.29 is 28.7 Å². The van der Waals surface area contributed by atoms with E-state index in [4.69, 9.17) is 4.74 Å². The Bertz CT molecular complexity index is 246. The molecule has 0 fully saturated rings. The summed E-state index contributed by atoms with van der Waals surface area (Å²) < 4.78 is 9.95. The highest BCUT2D eigenvalue weighted by atomic mass is 16.7. The van der Waals surface area contributed by atoms with Crippen LogP contribution in [0, 0.1) is 0 Å². The molecule has 1 atom stereocenters. The summed E-state index contributed by atoms with van der Waals surface area (Å²) in [6, 6.07) is 0. The summed E-state index contributed by atoms with van der Waals surface area (Å²) in [6.45, 7) is 2.23. The van der Waals surface area contributed by atoms with Crippen molar-refractivity contribution in [2.24, 2.45) is 0 Å². The lowest BCUT2D eigenvalue weighted by molar-refractivity contribution is -0.873. The second kappa shape index (κ2) is 6.32. The molecule has 0 N–H and O–H groups in total. The normalized spacial score (nSPS) is 13.0. The molecular formula is C10H19NO5. The highest BCUT2D eigenvalue weighted by Crippen LogP contribution is 2.05. The van der Waals surface area contributed by atoms with E-state index in [0.717, 1.165) is 0 Å². The van der Waals surface area contributed by atoms with Gasteiger partial charge in [0.2, 0.25) is 0 Å². The molecule has 16 heavy (non-hydrogen) atoms. The van der Waals surface area contributed by atoms with Crippen molar-refractivity contribution in [1.82, 2.24) is 0 Å². The number of ether oxygens (including phenoxy) is 2. The van der Waals surface area contributed by atoms with Gasteiger partial charge in [-0.2, -0.15) is 0 Å². The molecule has 94 valence electrons. The number of likely N-dealkylation sites (N-methyl/N-ethyl adjacent to an activating group) is 1. The molecule has 0 heterocycles. The molecule has 0 aromatic rings. The molecule has 0 aromatic carbocycles. The average Bonchev–Trinajstić information content (AvgIpc) is 1.98. The van der Waals surface area contributed by atoms with Gasteiger partial charge in [0.05, 0.1) is 27.7 Å². The fourth-order valence-corrected chi connectivity index (χ4v) is 1.23. The molecule has 0 rings (SSSR count). The first-order valence-corrected chi connectivity index (χ1v) is 5.08. The molecule has 0 spiro atoms. The Hall–Kier alpha value is -1.30. The number of hydrogen-bond donors (Lipinski definition) is 0. The predicted octanol–water partition coefficient (Wildman–Crippen LogP) is -0.626. The molecule has 6 heteroatoms. The lowest BCUT2D eigenvalue weighted by atomic mass is 10.2. The summed E-state index contributed by atoms with van der Waals surface area (Å²) in [5, 5.41) is 10.5. The molecule has 0 bridgehead atoms. The Kier molecular flexibility index (Phi) is 5.81. The van der Waals surface area contributed by atoms with Crippen LogP contribution in [0.5, 0.6) is 0 Å². The van der Waals surface area contributed by atoms with Crippen molar-refractivity contribution in [1.29, 1.82) is 0 Å². The van der Waals surface area contributed by atoms with Crippen LogP contribution in [0.1, 0.15) is 13.3 Å². The highest BCUT2D eigenvalue weighted by molar-refractivity contribution is 5.66. The van der Waals surface area contributed by atoms with Gasteiger partial charge in [0, 0.05) is 12.4 Å². The molecule has 0 aromatic heterocycles. The zero-order valence-corrected chi connectivity index (χ0v) is 10.2. The van der Waals surface area contributed by atoms with Crippen molar-refractivity contribution in [3.8, 4) is 0 Å². The van der Waals surface area contributed by atoms with Crippen LogP contribution in [0.25, 0.3) is 0 Å². The van der Waals surface area contributed by atoms with E-state index in [9.17, 15) is 14.7 Å². The van der Waals surface area contributed by atoms with Gasteiger partial charge in [-0.25, -0.2) is 4.79 Å². The number of aliphatic carboxylic acids is 1. The Balaban J connectivity index is 4.31. The van der Waals surface area contributed by atoms with E-state index in [1.54, 1.807) is 6.92 Å². The van der Waals surface area contributed by atoms with Gasteiger partial charge in [0.15, 0.2) is 6.10 Å². The molecule has 0 radical (unpaired) electrons. The third kappa shape index (κ3) is 8.05. The van der Waals surface area contributed by atoms with E-state index in [0.29, 0.717) is 11.0 Å². The molecule has 0 aliphatic heterocycles. The van der Waals surface area contributed by atoms with Gasteiger partial charge in [-0.05, 0) is 6.92 Å². The summed E-state index contributed by atoms with van der Waals surface area (Å²) in [5.41, 5.74) is 0. The van der Waals surface area contributed by atoms with Gasteiger partial charge >= 0.3 is 6.16 Å². The van der Waals surface area contributed by atoms with E-state index in [1.807, 2.05) is 21.1 Å². The lowest BCUT2D eigenvalue weighted by Gasteiger charge is -2.28. The largest absolute Gasteiger partial charge is 0.550 e. The van der Waals surface area contributed by atoms with Gasteiger partial charge in [-0.3, -0.25) is 0 Å². The van der Waals surface area contributed by atoms with Crippen LogP contribution in [0.2, 0.25) is 0 Å². The van der Waals surface area contributed by atoms with Crippen molar-refractivity contribution in [2.45, 2.75) is 19.4 Å². The van der Waals surface area contributed by atoms with Gasteiger partial charge in [-0.15, -0.1) is 0 Å². The predicted molar refractivity (Wildman–Crippen MR) is 54.4 cm³/mol. The van der Waals surface area contributed by atoms with Crippen LogP contribution >= 0.6 is 0 Å². The standard InChI is InChI=1S/C10H19NO5/c1-5-15-10(14)16-8(6-9(12)13)7-11(2,3)4/h8H,5-7H2,1-4H3. The topological polar surface area (TPSA) is 75.7 Å². The number of quaternary nitrogens is 1. The van der Waals surface area contributed by atoms with E-state index in [1.165, 1.54) is 0 Å². The zero-order valence-electron chi connectivity index (χ0n) is 10.2. The number of carboxylic acids is 1. The fourth-order valence-electron chi connectivity index (χ4n) is 1.23. The third-order valence-electron chi connectivity index (χ3n) is 1.67. The Morgan fingerprint density at radius 2 is 1.88 bits per heavy atom. The van der Waals surface area contributed by atoms with E-state index >= 15 is 0 Å². The first kappa shape index (κ1) is 14.7. The maximum Gasteiger partial charge on any atom is 0.508 e. The van der Waals surface area contributed by atoms with Gasteiger partial charge < -0.3 is 23.9 Å². The maximum atomic E-state index is 11.1. The van der Waals surface area contributed by atoms with Crippen LogP contribution in [0.15, 0.2) is 0 Å². The minimum atomic E-state index is -1.25. The van der Waals surface area contributed by atoms with Crippen molar-refractivity contribution in [2.75, 3.05) is 34.3 Å². The van der Waals surface area contributed by atoms with Gasteiger partial charge in [0.25, 0.3) is 0 Å².